The fourth-order valence-electron chi connectivity index (χ4n) is 4.15. The van der Waals surface area contributed by atoms with Crippen LogP contribution in [0.15, 0.2) is 24.5 Å². The molecule has 214 valence electrons. The van der Waals surface area contributed by atoms with Gasteiger partial charge in [0.25, 0.3) is 0 Å². The van der Waals surface area contributed by atoms with Gasteiger partial charge in [-0.1, -0.05) is 6.07 Å². The monoisotopic (exact) mass is 557 g/mol. The van der Waals surface area contributed by atoms with Crippen molar-refractivity contribution >= 4 is 17.8 Å². The Hall–Kier alpha value is -2.94. The summed E-state index contributed by atoms with van der Waals surface area (Å²) >= 11 is 0. The zero-order valence-electron chi connectivity index (χ0n) is 20.2. The molecular weight excluding hydrogens is 528 g/mol. The lowest BCUT2D eigenvalue weighted by Gasteiger charge is -2.46. The van der Waals surface area contributed by atoms with E-state index >= 15 is 0 Å². The number of carbonyl (C=O) groups is 3. The maximum absolute atomic E-state index is 12.3. The quantitative estimate of drug-likeness (QED) is 0.471. The predicted octanol–water partition coefficient (Wildman–Crippen LogP) is 3.24. The smallest absolute Gasteiger partial charge is 0.475 e. The molecule has 1 aromatic heterocycles. The number of alkyl halides is 6. The number of hydrogen-bond acceptors (Lipinski definition) is 6. The third kappa shape index (κ3) is 11.2. The lowest BCUT2D eigenvalue weighted by atomic mass is 9.85. The number of nitrogens with one attached hydrogen (secondary N) is 1. The molecule has 38 heavy (non-hydrogen) atoms. The van der Waals surface area contributed by atoms with Crippen molar-refractivity contribution in [2.75, 3.05) is 19.7 Å². The van der Waals surface area contributed by atoms with Gasteiger partial charge < -0.3 is 20.3 Å². The molecule has 2 aliphatic heterocycles. The molecule has 1 aromatic rings. The Morgan fingerprint density at radius 2 is 1.63 bits per heavy atom. The first-order valence-electron chi connectivity index (χ1n) is 11.8. The first-order valence-corrected chi connectivity index (χ1v) is 11.8. The van der Waals surface area contributed by atoms with Gasteiger partial charge >= 0.3 is 24.3 Å². The average molecular weight is 557 g/mol. The second-order valence-corrected chi connectivity index (χ2v) is 9.22. The van der Waals surface area contributed by atoms with E-state index in [1.54, 1.807) is 0 Å². The highest BCUT2D eigenvalue weighted by molar-refractivity contribution is 5.77. The normalized spacial score (nSPS) is 23.5. The second kappa shape index (κ2) is 13.7. The summed E-state index contributed by atoms with van der Waals surface area (Å²) in [6.45, 7) is 3.64. The van der Waals surface area contributed by atoms with Crippen LogP contribution in [0.2, 0.25) is 0 Å². The van der Waals surface area contributed by atoms with E-state index < -0.39 is 24.3 Å². The average Bonchev–Trinajstić information content (AvgIpc) is 3.63. The summed E-state index contributed by atoms with van der Waals surface area (Å²) in [6.07, 6.45) is -0.784. The highest BCUT2D eigenvalue weighted by Crippen LogP contribution is 2.33. The van der Waals surface area contributed by atoms with Crippen molar-refractivity contribution in [1.82, 2.24) is 15.2 Å². The van der Waals surface area contributed by atoms with Crippen molar-refractivity contribution in [3.8, 4) is 0 Å². The van der Waals surface area contributed by atoms with Crippen LogP contribution in [0, 0.1) is 11.8 Å². The Balaban J connectivity index is 0.000000301. The Bertz CT molecular complexity index is 902. The molecule has 0 aromatic carbocycles. The number of aromatic nitrogens is 1. The first kappa shape index (κ1) is 31.3. The topological polar surface area (TPSA) is 129 Å². The number of carbonyl (C=O) groups excluding carboxylic acids is 1. The molecule has 0 bridgehead atoms. The number of fused-ring (bicyclic) bond motifs is 1. The molecular formula is C23H29F6N3O6. The minimum absolute atomic E-state index is 0.118. The number of amides is 1. The summed E-state index contributed by atoms with van der Waals surface area (Å²) in [4.78, 5) is 36.8. The van der Waals surface area contributed by atoms with E-state index in [0.29, 0.717) is 18.3 Å². The van der Waals surface area contributed by atoms with Crippen molar-refractivity contribution in [3.63, 3.8) is 0 Å². The fraction of sp³-hybridized carbons (Fsp3) is 0.652. The maximum atomic E-state index is 12.3. The number of ether oxygens (including phenoxy) is 1. The highest BCUT2D eigenvalue weighted by Gasteiger charge is 2.41. The number of pyridine rings is 1. The van der Waals surface area contributed by atoms with Crippen molar-refractivity contribution in [2.24, 2.45) is 11.8 Å². The first-order chi connectivity index (χ1) is 17.7. The van der Waals surface area contributed by atoms with Gasteiger partial charge in [0, 0.05) is 45.1 Å². The summed E-state index contributed by atoms with van der Waals surface area (Å²) in [7, 11) is 0. The van der Waals surface area contributed by atoms with Gasteiger partial charge in [0.05, 0.1) is 12.1 Å². The third-order valence-corrected chi connectivity index (χ3v) is 5.97. The molecule has 3 N–H and O–H groups in total. The number of piperidine rings is 1. The molecule has 3 fully saturated rings. The Morgan fingerprint density at radius 3 is 2.13 bits per heavy atom. The lowest BCUT2D eigenvalue weighted by molar-refractivity contribution is -0.193. The van der Waals surface area contributed by atoms with Crippen LogP contribution in [0.1, 0.15) is 37.7 Å². The predicted molar refractivity (Wildman–Crippen MR) is 119 cm³/mol. The van der Waals surface area contributed by atoms with Crippen molar-refractivity contribution in [2.45, 2.75) is 63.1 Å². The number of rotatable bonds is 5. The molecule has 0 unspecified atom stereocenters. The minimum atomic E-state index is -5.08. The fourth-order valence-corrected chi connectivity index (χ4v) is 4.15. The minimum Gasteiger partial charge on any atom is -0.475 e. The number of nitrogens with zero attached hydrogens (tertiary/aromatic N) is 2. The Labute approximate surface area is 214 Å². The standard InChI is InChI=1S/C19H27N3O2.2C2HF3O2/c23-18(9-14-5-6-14)21-17-13-22(11-15-3-1-7-20-10-15)12-16-4-2-8-24-19(16)17;2*3-2(4,5)1(6)7/h1,3,7,10,14,16-17,19H,2,4-6,8-9,11-13H2,(H,21,23);2*(H,6,7)/t16-,17+,19-;;/m0../s1. The molecule has 2 saturated heterocycles. The van der Waals surface area contributed by atoms with Crippen LogP contribution in [-0.4, -0.2) is 82.1 Å². The van der Waals surface area contributed by atoms with E-state index in [2.05, 4.69) is 21.3 Å². The van der Waals surface area contributed by atoms with Gasteiger partial charge in [0.2, 0.25) is 5.91 Å². The molecule has 1 amide bonds. The summed E-state index contributed by atoms with van der Waals surface area (Å²) in [5.41, 5.74) is 1.23. The number of halogens is 6. The van der Waals surface area contributed by atoms with Gasteiger partial charge in [-0.05, 0) is 49.1 Å². The molecule has 0 spiro atoms. The van der Waals surface area contributed by atoms with Crippen LogP contribution in [0.4, 0.5) is 26.3 Å². The van der Waals surface area contributed by atoms with Crippen LogP contribution < -0.4 is 5.32 Å². The molecule has 3 aliphatic rings. The number of likely N-dealkylation sites (tertiary alicyclic amines) is 1. The van der Waals surface area contributed by atoms with Crippen LogP contribution in [0.5, 0.6) is 0 Å². The van der Waals surface area contributed by atoms with Crippen LogP contribution in [0.25, 0.3) is 0 Å². The number of carboxylic acid groups (broad SMARTS) is 2. The molecule has 3 atom stereocenters. The van der Waals surface area contributed by atoms with Crippen molar-refractivity contribution in [3.05, 3.63) is 30.1 Å². The SMILES string of the molecule is O=C(CC1CC1)N[C@@H]1CN(Cc2cccnc2)C[C@@H]2CCCO[C@@H]21.O=C(O)C(F)(F)F.O=C(O)C(F)(F)F. The van der Waals surface area contributed by atoms with Crippen LogP contribution in [0.3, 0.4) is 0 Å². The van der Waals surface area contributed by atoms with Crippen molar-refractivity contribution in [1.29, 1.82) is 0 Å². The summed E-state index contributed by atoms with van der Waals surface area (Å²) < 4.78 is 69.5. The highest BCUT2D eigenvalue weighted by atomic mass is 19.4. The summed E-state index contributed by atoms with van der Waals surface area (Å²) in [5, 5.41) is 17.5. The van der Waals surface area contributed by atoms with E-state index in [0.717, 1.165) is 32.7 Å². The zero-order valence-corrected chi connectivity index (χ0v) is 20.2. The number of hydrogen-bond donors (Lipinski definition) is 3. The molecule has 1 saturated carbocycles. The van der Waals surface area contributed by atoms with Gasteiger partial charge in [-0.25, -0.2) is 9.59 Å². The van der Waals surface area contributed by atoms with E-state index in [1.807, 2.05) is 18.5 Å². The van der Waals surface area contributed by atoms with Gasteiger partial charge in [0.1, 0.15) is 0 Å². The van der Waals surface area contributed by atoms with E-state index in [4.69, 9.17) is 24.5 Å². The molecule has 0 radical (unpaired) electrons. The van der Waals surface area contributed by atoms with Crippen LogP contribution in [-0.2, 0) is 25.7 Å². The largest absolute Gasteiger partial charge is 0.490 e. The van der Waals surface area contributed by atoms with Crippen molar-refractivity contribution < 1.29 is 55.7 Å². The molecule has 9 nitrogen and oxygen atoms in total. The second-order valence-electron chi connectivity index (χ2n) is 9.22. The molecule has 15 heteroatoms. The molecule has 4 rings (SSSR count). The maximum Gasteiger partial charge on any atom is 0.490 e. The number of carboxylic acids is 2. The lowest BCUT2D eigenvalue weighted by Crippen LogP contribution is -2.60. The van der Waals surface area contributed by atoms with E-state index in [-0.39, 0.29) is 18.1 Å². The molecule has 3 heterocycles. The number of aliphatic carboxylic acids is 2. The summed E-state index contributed by atoms with van der Waals surface area (Å²) in [6, 6.07) is 4.23. The molecule has 1 aliphatic carbocycles. The van der Waals surface area contributed by atoms with Gasteiger partial charge in [0.15, 0.2) is 0 Å². The van der Waals surface area contributed by atoms with Gasteiger partial charge in [-0.3, -0.25) is 14.7 Å². The summed E-state index contributed by atoms with van der Waals surface area (Å²) in [5.74, 6) is -4.16. The third-order valence-electron chi connectivity index (χ3n) is 5.97. The van der Waals surface area contributed by atoms with E-state index in [1.165, 1.54) is 24.8 Å². The Morgan fingerprint density at radius 1 is 1.03 bits per heavy atom. The van der Waals surface area contributed by atoms with Gasteiger partial charge in [-0.15, -0.1) is 0 Å². The zero-order chi connectivity index (χ0) is 28.5. The van der Waals surface area contributed by atoms with E-state index in [9.17, 15) is 31.1 Å². The van der Waals surface area contributed by atoms with Crippen LogP contribution >= 0.6 is 0 Å². The Kier molecular flexibility index (Phi) is 11.3. The van der Waals surface area contributed by atoms with Gasteiger partial charge in [-0.2, -0.15) is 26.3 Å².